The zero-order valence-corrected chi connectivity index (χ0v) is 10.1. The third kappa shape index (κ3) is 3.35. The molecular weight excluding hydrogens is 208 g/mol. The Bertz CT molecular complexity index is 488. The molecule has 0 atom stereocenters. The first-order chi connectivity index (χ1) is 8.40. The van der Waals surface area contributed by atoms with E-state index in [4.69, 9.17) is 4.74 Å². The molecule has 1 nitrogen and oxygen atoms in total. The van der Waals surface area contributed by atoms with Gasteiger partial charge in [0.2, 0.25) is 0 Å². The molecule has 2 aromatic rings. The lowest BCUT2D eigenvalue weighted by Crippen LogP contribution is -1.96. The fourth-order valence-electron chi connectivity index (χ4n) is 1.84. The van der Waals surface area contributed by atoms with Crippen LogP contribution in [0, 0.1) is 0 Å². The van der Waals surface area contributed by atoms with Gasteiger partial charge in [-0.15, -0.1) is 6.58 Å². The first-order valence-corrected chi connectivity index (χ1v) is 6.12. The smallest absolute Gasteiger partial charge is 0.119 e. The van der Waals surface area contributed by atoms with Crippen molar-refractivity contribution in [2.24, 2.45) is 0 Å². The Morgan fingerprint density at radius 2 is 1.82 bits per heavy atom. The van der Waals surface area contributed by atoms with Crippen molar-refractivity contribution in [3.8, 4) is 5.75 Å². The number of unbranched alkanes of at least 4 members (excludes halogenated alkanes) is 2. The van der Waals surface area contributed by atoms with Crippen molar-refractivity contribution in [1.82, 2.24) is 0 Å². The zero-order chi connectivity index (χ0) is 11.9. The summed E-state index contributed by atoms with van der Waals surface area (Å²) in [6.45, 7) is 4.49. The van der Waals surface area contributed by atoms with Crippen molar-refractivity contribution >= 4 is 10.8 Å². The van der Waals surface area contributed by atoms with Gasteiger partial charge in [-0.05, 0) is 42.2 Å². The zero-order valence-electron chi connectivity index (χ0n) is 10.1. The fourth-order valence-corrected chi connectivity index (χ4v) is 1.84. The molecule has 2 rings (SSSR count). The number of benzene rings is 2. The predicted octanol–water partition coefficient (Wildman–Crippen LogP) is 4.57. The molecule has 0 saturated heterocycles. The molecule has 2 aromatic carbocycles. The Hall–Kier alpha value is -1.76. The lowest BCUT2D eigenvalue weighted by atomic mass is 10.1. The lowest BCUT2D eigenvalue weighted by molar-refractivity contribution is 0.308. The number of hydrogen-bond acceptors (Lipinski definition) is 1. The maximum atomic E-state index is 5.73. The van der Waals surface area contributed by atoms with E-state index in [-0.39, 0.29) is 0 Å². The van der Waals surface area contributed by atoms with Crippen LogP contribution in [0.5, 0.6) is 5.75 Å². The molecular formula is C16H18O. The molecule has 0 aliphatic carbocycles. The summed E-state index contributed by atoms with van der Waals surface area (Å²) in [7, 11) is 0. The average Bonchev–Trinajstić information content (AvgIpc) is 2.38. The van der Waals surface area contributed by atoms with Crippen LogP contribution >= 0.6 is 0 Å². The Labute approximate surface area is 103 Å². The van der Waals surface area contributed by atoms with Crippen molar-refractivity contribution in [2.45, 2.75) is 19.3 Å². The number of fused-ring (bicyclic) bond motifs is 1. The van der Waals surface area contributed by atoms with Crippen LogP contribution in [-0.2, 0) is 0 Å². The van der Waals surface area contributed by atoms with E-state index in [1.165, 1.54) is 10.8 Å². The molecule has 0 saturated carbocycles. The Kier molecular flexibility index (Phi) is 4.20. The third-order valence-corrected chi connectivity index (χ3v) is 2.79. The first-order valence-electron chi connectivity index (χ1n) is 6.12. The van der Waals surface area contributed by atoms with Crippen LogP contribution in [0.25, 0.3) is 10.8 Å². The molecule has 0 aliphatic heterocycles. The highest BCUT2D eigenvalue weighted by molar-refractivity contribution is 5.83. The molecule has 0 heterocycles. The highest BCUT2D eigenvalue weighted by atomic mass is 16.5. The summed E-state index contributed by atoms with van der Waals surface area (Å²) in [5, 5.41) is 2.49. The molecule has 0 fully saturated rings. The summed E-state index contributed by atoms with van der Waals surface area (Å²) in [5.74, 6) is 0.960. The maximum absolute atomic E-state index is 5.73. The Morgan fingerprint density at radius 1 is 1.00 bits per heavy atom. The van der Waals surface area contributed by atoms with Crippen LogP contribution in [0.15, 0.2) is 55.1 Å². The van der Waals surface area contributed by atoms with Crippen LogP contribution in [0.4, 0.5) is 0 Å². The van der Waals surface area contributed by atoms with E-state index in [1.54, 1.807) is 0 Å². The topological polar surface area (TPSA) is 9.23 Å². The van der Waals surface area contributed by atoms with E-state index in [1.807, 2.05) is 12.1 Å². The SMILES string of the molecule is C=CCCCCOc1ccc2ccccc2c1. The predicted molar refractivity (Wildman–Crippen MR) is 73.5 cm³/mol. The molecule has 0 aliphatic rings. The molecule has 0 aromatic heterocycles. The summed E-state index contributed by atoms with van der Waals surface area (Å²) < 4.78 is 5.73. The molecule has 0 N–H and O–H groups in total. The van der Waals surface area contributed by atoms with Gasteiger partial charge >= 0.3 is 0 Å². The van der Waals surface area contributed by atoms with Gasteiger partial charge in [0.15, 0.2) is 0 Å². The van der Waals surface area contributed by atoms with Gasteiger partial charge in [0.05, 0.1) is 6.61 Å². The van der Waals surface area contributed by atoms with E-state index >= 15 is 0 Å². The largest absolute Gasteiger partial charge is 0.494 e. The van der Waals surface area contributed by atoms with Gasteiger partial charge in [0.1, 0.15) is 5.75 Å². The van der Waals surface area contributed by atoms with Gasteiger partial charge in [-0.3, -0.25) is 0 Å². The molecule has 0 radical (unpaired) electrons. The van der Waals surface area contributed by atoms with Gasteiger partial charge in [0.25, 0.3) is 0 Å². The van der Waals surface area contributed by atoms with Gasteiger partial charge in [-0.2, -0.15) is 0 Å². The fraction of sp³-hybridized carbons (Fsp3) is 0.250. The normalized spacial score (nSPS) is 10.4. The van der Waals surface area contributed by atoms with E-state index < -0.39 is 0 Å². The molecule has 0 bridgehead atoms. The monoisotopic (exact) mass is 226 g/mol. The van der Waals surface area contributed by atoms with Crippen LogP contribution in [0.3, 0.4) is 0 Å². The average molecular weight is 226 g/mol. The van der Waals surface area contributed by atoms with Gasteiger partial charge in [-0.25, -0.2) is 0 Å². The van der Waals surface area contributed by atoms with E-state index in [0.29, 0.717) is 0 Å². The molecule has 17 heavy (non-hydrogen) atoms. The van der Waals surface area contributed by atoms with Crippen molar-refractivity contribution in [1.29, 1.82) is 0 Å². The Balaban J connectivity index is 1.92. The van der Waals surface area contributed by atoms with Crippen molar-refractivity contribution < 1.29 is 4.74 Å². The second-order valence-electron chi connectivity index (χ2n) is 4.14. The number of rotatable bonds is 6. The summed E-state index contributed by atoms with van der Waals surface area (Å²) in [6, 6.07) is 14.6. The maximum Gasteiger partial charge on any atom is 0.119 e. The minimum absolute atomic E-state index is 0.784. The minimum Gasteiger partial charge on any atom is -0.494 e. The molecule has 0 amide bonds. The third-order valence-electron chi connectivity index (χ3n) is 2.79. The Morgan fingerprint density at radius 3 is 2.65 bits per heavy atom. The highest BCUT2D eigenvalue weighted by Crippen LogP contribution is 2.20. The molecule has 0 spiro atoms. The van der Waals surface area contributed by atoms with Gasteiger partial charge in [-0.1, -0.05) is 36.4 Å². The second-order valence-corrected chi connectivity index (χ2v) is 4.14. The molecule has 0 unspecified atom stereocenters. The summed E-state index contributed by atoms with van der Waals surface area (Å²) >= 11 is 0. The van der Waals surface area contributed by atoms with E-state index in [9.17, 15) is 0 Å². The van der Waals surface area contributed by atoms with Crippen molar-refractivity contribution in [3.63, 3.8) is 0 Å². The second kappa shape index (κ2) is 6.09. The lowest BCUT2D eigenvalue weighted by Gasteiger charge is -2.06. The highest BCUT2D eigenvalue weighted by Gasteiger charge is 1.96. The molecule has 88 valence electrons. The van der Waals surface area contributed by atoms with Gasteiger partial charge in [0, 0.05) is 0 Å². The van der Waals surface area contributed by atoms with Crippen LogP contribution in [0.1, 0.15) is 19.3 Å². The van der Waals surface area contributed by atoms with Crippen LogP contribution in [0.2, 0.25) is 0 Å². The number of ether oxygens (including phenoxy) is 1. The summed E-state index contributed by atoms with van der Waals surface area (Å²) in [4.78, 5) is 0. The van der Waals surface area contributed by atoms with Crippen LogP contribution < -0.4 is 4.74 Å². The van der Waals surface area contributed by atoms with Crippen LogP contribution in [-0.4, -0.2) is 6.61 Å². The quantitative estimate of drug-likeness (QED) is 0.517. The van der Waals surface area contributed by atoms with Crippen molar-refractivity contribution in [3.05, 3.63) is 55.1 Å². The minimum atomic E-state index is 0.784. The summed E-state index contributed by atoms with van der Waals surface area (Å²) in [6.07, 6.45) is 5.26. The summed E-state index contributed by atoms with van der Waals surface area (Å²) in [5.41, 5.74) is 0. The standard InChI is InChI=1S/C16H18O/c1-2-3-4-7-12-17-16-11-10-14-8-5-6-9-15(14)13-16/h2,5-6,8-11,13H,1,3-4,7,12H2. The molecule has 1 heteroatoms. The van der Waals surface area contributed by atoms with Crippen molar-refractivity contribution in [2.75, 3.05) is 6.61 Å². The first kappa shape index (κ1) is 11.7. The van der Waals surface area contributed by atoms with E-state index in [2.05, 4.69) is 43.0 Å². The van der Waals surface area contributed by atoms with E-state index in [0.717, 1.165) is 31.6 Å². The van der Waals surface area contributed by atoms with Gasteiger partial charge < -0.3 is 4.74 Å². The number of hydrogen-bond donors (Lipinski definition) is 0. The number of allylic oxidation sites excluding steroid dienone is 1.